The molecular weight excluding hydrogens is 448 g/mol. The topological polar surface area (TPSA) is 103 Å². The number of carbonyl (C=O) groups is 1. The molecule has 0 saturated carbocycles. The Morgan fingerprint density at radius 2 is 1.67 bits per heavy atom. The van der Waals surface area contributed by atoms with Gasteiger partial charge >= 0.3 is 0 Å². The zero-order chi connectivity index (χ0) is 24.3. The summed E-state index contributed by atoms with van der Waals surface area (Å²) in [6.07, 6.45) is 0.630. The Bertz CT molecular complexity index is 994. The van der Waals surface area contributed by atoms with Gasteiger partial charge in [0.1, 0.15) is 12.3 Å². The molecule has 0 aliphatic carbocycles. The van der Waals surface area contributed by atoms with Crippen LogP contribution >= 0.6 is 0 Å². The van der Waals surface area contributed by atoms with Crippen LogP contribution in [0, 0.1) is 0 Å². The van der Waals surface area contributed by atoms with E-state index in [0.29, 0.717) is 50.0 Å². The Labute approximate surface area is 195 Å². The number of nitrogens with one attached hydrogen (secondary N) is 1. The molecule has 0 atom stereocenters. The quantitative estimate of drug-likeness (QED) is 0.415. The van der Waals surface area contributed by atoms with Gasteiger partial charge in [-0.25, -0.2) is 8.42 Å². The second-order valence-electron chi connectivity index (χ2n) is 6.86. The summed E-state index contributed by atoms with van der Waals surface area (Å²) in [5.74, 6) is 0.844. The van der Waals surface area contributed by atoms with E-state index >= 15 is 0 Å². The van der Waals surface area contributed by atoms with E-state index in [-0.39, 0.29) is 17.2 Å². The average Bonchev–Trinajstić information content (AvgIpc) is 2.82. The Kier molecular flexibility index (Phi) is 10.3. The van der Waals surface area contributed by atoms with E-state index in [1.54, 1.807) is 24.3 Å². The summed E-state index contributed by atoms with van der Waals surface area (Å²) in [4.78, 5) is 12.6. The number of hydrogen-bond donors (Lipinski definition) is 1. The van der Waals surface area contributed by atoms with Crippen LogP contribution in [0.15, 0.2) is 47.4 Å². The molecule has 0 bridgehead atoms. The maximum Gasteiger partial charge on any atom is 0.264 e. The molecule has 182 valence electrons. The third-order valence-corrected chi connectivity index (χ3v) is 6.43. The zero-order valence-electron chi connectivity index (χ0n) is 19.5. The van der Waals surface area contributed by atoms with Gasteiger partial charge in [0.25, 0.3) is 10.0 Å². The van der Waals surface area contributed by atoms with Gasteiger partial charge in [0.15, 0.2) is 11.5 Å². The smallest absolute Gasteiger partial charge is 0.264 e. The summed E-state index contributed by atoms with van der Waals surface area (Å²) < 4.78 is 49.3. The van der Waals surface area contributed by atoms with Crippen molar-refractivity contribution in [2.24, 2.45) is 0 Å². The molecule has 2 aromatic rings. The molecular formula is C23H32N2O7S. The van der Waals surface area contributed by atoms with Crippen molar-refractivity contribution in [2.75, 3.05) is 51.4 Å². The fraction of sp³-hybridized carbons (Fsp3) is 0.435. The van der Waals surface area contributed by atoms with Gasteiger partial charge in [-0.2, -0.15) is 0 Å². The van der Waals surface area contributed by atoms with Gasteiger partial charge in [0.2, 0.25) is 5.91 Å². The molecule has 0 unspecified atom stereocenters. The summed E-state index contributed by atoms with van der Waals surface area (Å²) in [5.41, 5.74) is 0.331. The number of anilines is 1. The fourth-order valence-corrected chi connectivity index (χ4v) is 4.46. The molecule has 0 aromatic heterocycles. The van der Waals surface area contributed by atoms with Crippen LogP contribution in [0.25, 0.3) is 0 Å². The molecule has 33 heavy (non-hydrogen) atoms. The van der Waals surface area contributed by atoms with Gasteiger partial charge in [-0.15, -0.1) is 0 Å². The standard InChI is InChI=1S/C23H32N2O7S/c1-5-31-15-7-14-24-23(26)17-25(18-8-10-19(11-9-18)32-6-2)33(27,28)20-12-13-21(29-3)22(16-20)30-4/h8-13,16H,5-7,14-15,17H2,1-4H3,(H,24,26). The van der Waals surface area contributed by atoms with Crippen LogP contribution < -0.4 is 23.8 Å². The molecule has 1 N–H and O–H groups in total. The van der Waals surface area contributed by atoms with Crippen LogP contribution in [0.1, 0.15) is 20.3 Å². The van der Waals surface area contributed by atoms with E-state index in [2.05, 4.69) is 5.32 Å². The highest BCUT2D eigenvalue weighted by molar-refractivity contribution is 7.92. The Morgan fingerprint density at radius 1 is 0.970 bits per heavy atom. The van der Waals surface area contributed by atoms with Crippen molar-refractivity contribution in [3.05, 3.63) is 42.5 Å². The summed E-state index contributed by atoms with van der Waals surface area (Å²) in [6, 6.07) is 10.8. The first kappa shape index (κ1) is 26.3. The maximum absolute atomic E-state index is 13.6. The lowest BCUT2D eigenvalue weighted by molar-refractivity contribution is -0.119. The molecule has 10 heteroatoms. The lowest BCUT2D eigenvalue weighted by Gasteiger charge is -2.24. The van der Waals surface area contributed by atoms with Crippen LogP contribution in [-0.4, -0.2) is 61.5 Å². The first-order valence-corrected chi connectivity index (χ1v) is 12.1. The van der Waals surface area contributed by atoms with Gasteiger partial charge in [-0.3, -0.25) is 9.10 Å². The van der Waals surface area contributed by atoms with Crippen molar-refractivity contribution in [1.82, 2.24) is 5.32 Å². The number of rotatable bonds is 14. The Balaban J connectivity index is 2.33. The largest absolute Gasteiger partial charge is 0.494 e. The van der Waals surface area contributed by atoms with Crippen LogP contribution in [0.3, 0.4) is 0 Å². The molecule has 0 aliphatic rings. The van der Waals surface area contributed by atoms with Crippen molar-refractivity contribution in [3.63, 3.8) is 0 Å². The number of sulfonamides is 1. The Morgan fingerprint density at radius 3 is 2.27 bits per heavy atom. The second kappa shape index (κ2) is 12.9. The Hall–Kier alpha value is -2.98. The normalized spacial score (nSPS) is 11.0. The summed E-state index contributed by atoms with van der Waals surface area (Å²) in [5, 5.41) is 2.74. The number of ether oxygens (including phenoxy) is 4. The van der Waals surface area contributed by atoms with Gasteiger partial charge in [0, 0.05) is 25.8 Å². The maximum atomic E-state index is 13.6. The monoisotopic (exact) mass is 480 g/mol. The number of carbonyl (C=O) groups excluding carboxylic acids is 1. The van der Waals surface area contributed by atoms with Gasteiger partial charge in [-0.1, -0.05) is 0 Å². The lowest BCUT2D eigenvalue weighted by Crippen LogP contribution is -2.41. The average molecular weight is 481 g/mol. The van der Waals surface area contributed by atoms with Crippen molar-refractivity contribution in [2.45, 2.75) is 25.2 Å². The van der Waals surface area contributed by atoms with E-state index in [4.69, 9.17) is 18.9 Å². The third-order valence-electron chi connectivity index (χ3n) is 4.66. The third kappa shape index (κ3) is 7.26. The summed E-state index contributed by atoms with van der Waals surface area (Å²) in [6.45, 7) is 5.35. The number of benzene rings is 2. The SMILES string of the molecule is CCOCCCNC(=O)CN(c1ccc(OCC)cc1)S(=O)(=O)c1ccc(OC)c(OC)c1. The van der Waals surface area contributed by atoms with Crippen LogP contribution in [0.5, 0.6) is 17.2 Å². The molecule has 0 aliphatic heterocycles. The van der Waals surface area contributed by atoms with Gasteiger partial charge < -0.3 is 24.3 Å². The van der Waals surface area contributed by atoms with Crippen molar-refractivity contribution >= 4 is 21.6 Å². The molecule has 0 fully saturated rings. The highest BCUT2D eigenvalue weighted by atomic mass is 32.2. The number of nitrogens with zero attached hydrogens (tertiary/aromatic N) is 1. The minimum Gasteiger partial charge on any atom is -0.494 e. The highest BCUT2D eigenvalue weighted by Gasteiger charge is 2.28. The highest BCUT2D eigenvalue weighted by Crippen LogP contribution is 2.32. The van der Waals surface area contributed by atoms with E-state index < -0.39 is 15.9 Å². The van der Waals surface area contributed by atoms with E-state index in [0.717, 1.165) is 4.31 Å². The number of methoxy groups -OCH3 is 2. The molecule has 0 heterocycles. The minimum absolute atomic E-state index is 0.0295. The van der Waals surface area contributed by atoms with E-state index in [1.165, 1.54) is 32.4 Å². The van der Waals surface area contributed by atoms with Gasteiger partial charge in [-0.05, 0) is 56.7 Å². The van der Waals surface area contributed by atoms with Crippen molar-refractivity contribution < 1.29 is 32.2 Å². The predicted octanol–water partition coefficient (Wildman–Crippen LogP) is 2.84. The van der Waals surface area contributed by atoms with E-state index in [1.807, 2.05) is 13.8 Å². The summed E-state index contributed by atoms with van der Waals surface area (Å²) >= 11 is 0. The number of amides is 1. The second-order valence-corrected chi connectivity index (χ2v) is 8.72. The molecule has 0 spiro atoms. The summed E-state index contributed by atoms with van der Waals surface area (Å²) in [7, 11) is -1.21. The zero-order valence-corrected chi connectivity index (χ0v) is 20.3. The van der Waals surface area contributed by atoms with Crippen molar-refractivity contribution in [3.8, 4) is 17.2 Å². The lowest BCUT2D eigenvalue weighted by atomic mass is 10.3. The minimum atomic E-state index is -4.10. The fourth-order valence-electron chi connectivity index (χ4n) is 3.03. The molecule has 2 aromatic carbocycles. The first-order valence-electron chi connectivity index (χ1n) is 10.7. The van der Waals surface area contributed by atoms with Gasteiger partial charge in [0.05, 0.1) is 31.4 Å². The first-order chi connectivity index (χ1) is 15.9. The predicted molar refractivity (Wildman–Crippen MR) is 126 cm³/mol. The molecule has 1 amide bonds. The van der Waals surface area contributed by atoms with E-state index in [9.17, 15) is 13.2 Å². The van der Waals surface area contributed by atoms with Crippen LogP contribution in [-0.2, 0) is 19.6 Å². The molecule has 9 nitrogen and oxygen atoms in total. The van der Waals surface area contributed by atoms with Crippen LogP contribution in [0.2, 0.25) is 0 Å². The molecule has 2 rings (SSSR count). The molecule has 0 saturated heterocycles. The molecule has 0 radical (unpaired) electrons. The number of hydrogen-bond acceptors (Lipinski definition) is 7. The van der Waals surface area contributed by atoms with Crippen molar-refractivity contribution in [1.29, 1.82) is 0 Å². The van der Waals surface area contributed by atoms with Crippen LogP contribution in [0.4, 0.5) is 5.69 Å².